The number of hydrogen-bond donors (Lipinski definition) is 1. The molecule has 1 rings (SSSR count). The molecule has 1 amide bonds. The third-order valence-corrected chi connectivity index (χ3v) is 2.75. The average Bonchev–Trinajstić information content (AvgIpc) is 2.14. The van der Waals surface area contributed by atoms with Crippen molar-refractivity contribution in [1.29, 1.82) is 0 Å². The first-order chi connectivity index (χ1) is 7.00. The van der Waals surface area contributed by atoms with Gasteiger partial charge < -0.3 is 5.32 Å². The van der Waals surface area contributed by atoms with Crippen LogP contribution in [-0.4, -0.2) is 17.3 Å². The molecule has 0 heterocycles. The van der Waals surface area contributed by atoms with Crippen LogP contribution in [0, 0.1) is 6.92 Å². The summed E-state index contributed by atoms with van der Waals surface area (Å²) in [5.74, 6) is -0.187. The Hall–Kier alpha value is -0.250. The minimum absolute atomic E-state index is 0.187. The number of benzene rings is 1. The molecular weight excluding hydrogens is 301 g/mol. The zero-order valence-corrected chi connectivity index (χ0v) is 11.2. The molecule has 0 aromatic heterocycles. The molecule has 5 heteroatoms. The smallest absolute Gasteiger partial charge is 0.252 e. The Kier molecular flexibility index (Phi) is 4.90. The van der Waals surface area contributed by atoms with Crippen LogP contribution < -0.4 is 5.32 Å². The molecule has 1 aromatic rings. The second-order valence-corrected chi connectivity index (χ2v) is 5.22. The number of carbonyl (C=O) groups is 1. The Morgan fingerprint density at radius 1 is 1.53 bits per heavy atom. The Morgan fingerprint density at radius 3 is 2.73 bits per heavy atom. The maximum atomic E-state index is 11.6. The van der Waals surface area contributed by atoms with Gasteiger partial charge in [-0.05, 0) is 40.5 Å². The van der Waals surface area contributed by atoms with Crippen LogP contribution in [0.2, 0.25) is 0 Å². The van der Waals surface area contributed by atoms with Crippen LogP contribution in [0.3, 0.4) is 0 Å². The highest BCUT2D eigenvalue weighted by atomic mass is 79.9. The normalized spacial score (nSPS) is 10.5. The van der Waals surface area contributed by atoms with Gasteiger partial charge in [0.15, 0.2) is 0 Å². The van der Waals surface area contributed by atoms with Crippen molar-refractivity contribution >= 4 is 45.0 Å². The molecule has 0 unspecified atom stereocenters. The van der Waals surface area contributed by atoms with Crippen molar-refractivity contribution < 1.29 is 4.79 Å². The van der Waals surface area contributed by atoms with Crippen LogP contribution in [0.15, 0.2) is 22.7 Å². The third kappa shape index (κ3) is 4.01. The first-order valence-electron chi connectivity index (χ1n) is 4.33. The van der Waals surface area contributed by atoms with Gasteiger partial charge in [-0.1, -0.05) is 6.07 Å². The zero-order chi connectivity index (χ0) is 11.4. The summed E-state index contributed by atoms with van der Waals surface area (Å²) in [6, 6.07) is 5.51. The molecule has 0 saturated carbocycles. The van der Waals surface area contributed by atoms with Crippen LogP contribution in [-0.2, 0) is 0 Å². The van der Waals surface area contributed by atoms with Crippen molar-refractivity contribution in [2.75, 3.05) is 6.54 Å². The van der Waals surface area contributed by atoms with Gasteiger partial charge in [-0.2, -0.15) is 0 Å². The van der Waals surface area contributed by atoms with E-state index in [9.17, 15) is 4.79 Å². The van der Waals surface area contributed by atoms with Gasteiger partial charge in [0.25, 0.3) is 5.91 Å². The molecule has 0 aliphatic rings. The lowest BCUT2D eigenvalue weighted by Crippen LogP contribution is -2.28. The number of amides is 1. The fourth-order valence-corrected chi connectivity index (χ4v) is 1.90. The van der Waals surface area contributed by atoms with Gasteiger partial charge in [-0.15, -0.1) is 23.2 Å². The molecule has 0 radical (unpaired) electrons. The molecule has 0 saturated heterocycles. The molecule has 0 atom stereocenters. The largest absolute Gasteiger partial charge is 0.349 e. The topological polar surface area (TPSA) is 29.1 Å². The minimum atomic E-state index is -0.585. The minimum Gasteiger partial charge on any atom is -0.349 e. The second kappa shape index (κ2) is 5.73. The number of alkyl halides is 2. The lowest BCUT2D eigenvalue weighted by Gasteiger charge is -2.07. The SMILES string of the molecule is Cc1ccc(C(=O)NCC(Cl)Cl)c(Br)c1. The van der Waals surface area contributed by atoms with E-state index in [0.29, 0.717) is 5.56 Å². The quantitative estimate of drug-likeness (QED) is 0.853. The molecule has 0 spiro atoms. The summed E-state index contributed by atoms with van der Waals surface area (Å²) in [7, 11) is 0. The molecule has 82 valence electrons. The fourth-order valence-electron chi connectivity index (χ4n) is 1.07. The van der Waals surface area contributed by atoms with Gasteiger partial charge in [0.2, 0.25) is 0 Å². The Bertz CT molecular complexity index is 368. The maximum Gasteiger partial charge on any atom is 0.252 e. The molecule has 0 aliphatic carbocycles. The fraction of sp³-hybridized carbons (Fsp3) is 0.300. The van der Waals surface area contributed by atoms with Crippen molar-refractivity contribution in [3.8, 4) is 0 Å². The summed E-state index contributed by atoms with van der Waals surface area (Å²) in [6.45, 7) is 2.20. The van der Waals surface area contributed by atoms with Crippen LogP contribution in [0.5, 0.6) is 0 Å². The monoisotopic (exact) mass is 309 g/mol. The number of hydrogen-bond acceptors (Lipinski definition) is 1. The van der Waals surface area contributed by atoms with Crippen molar-refractivity contribution in [1.82, 2.24) is 5.32 Å². The molecule has 1 N–H and O–H groups in total. The lowest BCUT2D eigenvalue weighted by atomic mass is 10.1. The second-order valence-electron chi connectivity index (χ2n) is 3.08. The van der Waals surface area contributed by atoms with Crippen LogP contribution in [0.25, 0.3) is 0 Å². The van der Waals surface area contributed by atoms with E-state index >= 15 is 0 Å². The van der Waals surface area contributed by atoms with E-state index in [4.69, 9.17) is 23.2 Å². The molecule has 0 aliphatic heterocycles. The lowest BCUT2D eigenvalue weighted by molar-refractivity contribution is 0.0954. The highest BCUT2D eigenvalue weighted by molar-refractivity contribution is 9.10. The van der Waals surface area contributed by atoms with E-state index in [1.807, 2.05) is 19.1 Å². The number of carbonyl (C=O) groups excluding carboxylic acids is 1. The highest BCUT2D eigenvalue weighted by Gasteiger charge is 2.10. The average molecular weight is 311 g/mol. The Balaban J connectivity index is 2.74. The van der Waals surface area contributed by atoms with Crippen molar-refractivity contribution in [3.63, 3.8) is 0 Å². The highest BCUT2D eigenvalue weighted by Crippen LogP contribution is 2.18. The van der Waals surface area contributed by atoms with Gasteiger partial charge in [0.1, 0.15) is 4.84 Å². The van der Waals surface area contributed by atoms with E-state index in [2.05, 4.69) is 21.2 Å². The van der Waals surface area contributed by atoms with Crippen molar-refractivity contribution in [3.05, 3.63) is 33.8 Å². The number of halogens is 3. The van der Waals surface area contributed by atoms with Gasteiger partial charge in [0.05, 0.1) is 5.56 Å². The predicted octanol–water partition coefficient (Wildman–Crippen LogP) is 3.29. The van der Waals surface area contributed by atoms with Crippen LogP contribution >= 0.6 is 39.1 Å². The van der Waals surface area contributed by atoms with E-state index in [-0.39, 0.29) is 12.5 Å². The standard InChI is InChI=1S/C10H10BrCl2NO/c1-6-2-3-7(8(11)4-6)10(15)14-5-9(12)13/h2-4,9H,5H2,1H3,(H,14,15). The van der Waals surface area contributed by atoms with Crippen LogP contribution in [0.4, 0.5) is 0 Å². The number of rotatable bonds is 3. The molecule has 15 heavy (non-hydrogen) atoms. The molecular formula is C10H10BrCl2NO. The van der Waals surface area contributed by atoms with Gasteiger partial charge in [0, 0.05) is 11.0 Å². The maximum absolute atomic E-state index is 11.6. The van der Waals surface area contributed by atoms with Gasteiger partial charge in [-0.25, -0.2) is 0 Å². The van der Waals surface area contributed by atoms with Gasteiger partial charge in [-0.3, -0.25) is 4.79 Å². The summed E-state index contributed by atoms with van der Waals surface area (Å²) < 4.78 is 0.765. The summed E-state index contributed by atoms with van der Waals surface area (Å²) in [5, 5.41) is 2.63. The molecule has 0 bridgehead atoms. The van der Waals surface area contributed by atoms with E-state index in [0.717, 1.165) is 10.0 Å². The third-order valence-electron chi connectivity index (χ3n) is 1.79. The van der Waals surface area contributed by atoms with E-state index in [1.54, 1.807) is 6.07 Å². The summed E-state index contributed by atoms with van der Waals surface area (Å²) in [6.07, 6.45) is 0. The molecule has 0 fully saturated rings. The zero-order valence-electron chi connectivity index (χ0n) is 8.06. The Morgan fingerprint density at radius 2 is 2.20 bits per heavy atom. The summed E-state index contributed by atoms with van der Waals surface area (Å²) in [5.41, 5.74) is 1.67. The number of nitrogens with one attached hydrogen (secondary N) is 1. The van der Waals surface area contributed by atoms with E-state index < -0.39 is 4.84 Å². The predicted molar refractivity (Wildman–Crippen MR) is 66.7 cm³/mol. The van der Waals surface area contributed by atoms with Crippen molar-refractivity contribution in [2.45, 2.75) is 11.8 Å². The Labute approximate surface area is 107 Å². The molecule has 2 nitrogen and oxygen atoms in total. The summed E-state index contributed by atoms with van der Waals surface area (Å²) in [4.78, 5) is 11.0. The van der Waals surface area contributed by atoms with Crippen molar-refractivity contribution in [2.24, 2.45) is 0 Å². The summed E-state index contributed by atoms with van der Waals surface area (Å²) >= 11 is 14.4. The number of aryl methyl sites for hydroxylation is 1. The first-order valence-corrected chi connectivity index (χ1v) is 6.00. The van der Waals surface area contributed by atoms with Gasteiger partial charge >= 0.3 is 0 Å². The first kappa shape index (κ1) is 12.8. The van der Waals surface area contributed by atoms with E-state index in [1.165, 1.54) is 0 Å². The van der Waals surface area contributed by atoms with Crippen LogP contribution in [0.1, 0.15) is 15.9 Å². The molecule has 1 aromatic carbocycles.